The van der Waals surface area contributed by atoms with Gasteiger partial charge in [0.1, 0.15) is 11.9 Å². The molecule has 1 aliphatic rings. The Kier molecular flexibility index (Phi) is 3.53. The first kappa shape index (κ1) is 13.9. The summed E-state index contributed by atoms with van der Waals surface area (Å²) in [7, 11) is 0. The molecule has 4 nitrogen and oxygen atoms in total. The highest BCUT2D eigenvalue weighted by atomic mass is 16.4. The van der Waals surface area contributed by atoms with E-state index in [4.69, 9.17) is 4.98 Å². The summed E-state index contributed by atoms with van der Waals surface area (Å²) < 4.78 is 0. The third-order valence-electron chi connectivity index (χ3n) is 4.31. The smallest absolute Gasteiger partial charge is 0.326 e. The van der Waals surface area contributed by atoms with Crippen molar-refractivity contribution in [2.75, 3.05) is 11.4 Å². The van der Waals surface area contributed by atoms with E-state index in [9.17, 15) is 9.90 Å². The number of hydrogen-bond donors (Lipinski definition) is 1. The molecule has 2 heterocycles. The van der Waals surface area contributed by atoms with Crippen LogP contribution in [0.3, 0.4) is 0 Å². The molecule has 110 valence electrons. The number of piperidine rings is 1. The highest BCUT2D eigenvalue weighted by Crippen LogP contribution is 2.30. The van der Waals surface area contributed by atoms with E-state index < -0.39 is 12.0 Å². The zero-order valence-corrected chi connectivity index (χ0v) is 12.4. The maximum atomic E-state index is 11.6. The molecule has 21 heavy (non-hydrogen) atoms. The van der Waals surface area contributed by atoms with Crippen molar-refractivity contribution in [3.8, 4) is 0 Å². The first-order valence-electron chi connectivity index (χ1n) is 7.42. The summed E-state index contributed by atoms with van der Waals surface area (Å²) in [5, 5.41) is 10.6. The maximum absolute atomic E-state index is 11.6. The Labute approximate surface area is 124 Å². The van der Waals surface area contributed by atoms with Crippen LogP contribution in [-0.4, -0.2) is 28.6 Å². The van der Waals surface area contributed by atoms with Crippen LogP contribution in [0.5, 0.6) is 0 Å². The molecule has 1 aliphatic heterocycles. The number of anilines is 1. The molecule has 1 fully saturated rings. The van der Waals surface area contributed by atoms with Crippen LogP contribution >= 0.6 is 0 Å². The number of pyridine rings is 1. The molecule has 0 amide bonds. The summed E-state index contributed by atoms with van der Waals surface area (Å²) in [5.74, 6) is 0.507. The van der Waals surface area contributed by atoms with E-state index in [2.05, 4.69) is 13.0 Å². The average molecular weight is 284 g/mol. The molecular weight excluding hydrogens is 264 g/mol. The summed E-state index contributed by atoms with van der Waals surface area (Å²) >= 11 is 0. The maximum Gasteiger partial charge on any atom is 0.326 e. The Hall–Kier alpha value is -2.10. The van der Waals surface area contributed by atoms with Crippen LogP contribution < -0.4 is 4.90 Å². The van der Waals surface area contributed by atoms with Gasteiger partial charge >= 0.3 is 5.97 Å². The van der Waals surface area contributed by atoms with Gasteiger partial charge in [-0.25, -0.2) is 9.78 Å². The predicted octanol–water partition coefficient (Wildman–Crippen LogP) is 3.23. The minimum atomic E-state index is -0.754. The van der Waals surface area contributed by atoms with Gasteiger partial charge in [0.2, 0.25) is 0 Å². The van der Waals surface area contributed by atoms with E-state index in [1.807, 2.05) is 36.1 Å². The van der Waals surface area contributed by atoms with Crippen LogP contribution in [0, 0.1) is 12.8 Å². The SMILES string of the molecule is Cc1cc2ccccc2nc1N1CCC(C)CC1C(=O)O. The van der Waals surface area contributed by atoms with Gasteiger partial charge in [0, 0.05) is 11.9 Å². The third-order valence-corrected chi connectivity index (χ3v) is 4.31. The van der Waals surface area contributed by atoms with E-state index >= 15 is 0 Å². The monoisotopic (exact) mass is 284 g/mol. The van der Waals surface area contributed by atoms with Crippen LogP contribution in [0.2, 0.25) is 0 Å². The van der Waals surface area contributed by atoms with Gasteiger partial charge < -0.3 is 10.0 Å². The summed E-state index contributed by atoms with van der Waals surface area (Å²) in [5.41, 5.74) is 1.95. The standard InChI is InChI=1S/C17H20N2O2/c1-11-7-8-19(15(9-11)17(20)21)16-12(2)10-13-5-3-4-6-14(13)18-16/h3-6,10-11,15H,7-9H2,1-2H3,(H,20,21). The highest BCUT2D eigenvalue weighted by Gasteiger charge is 2.33. The molecule has 1 N–H and O–H groups in total. The quantitative estimate of drug-likeness (QED) is 0.920. The van der Waals surface area contributed by atoms with Crippen molar-refractivity contribution in [3.05, 3.63) is 35.9 Å². The van der Waals surface area contributed by atoms with Gasteiger partial charge in [0.05, 0.1) is 5.52 Å². The zero-order chi connectivity index (χ0) is 15.0. The number of rotatable bonds is 2. The zero-order valence-electron chi connectivity index (χ0n) is 12.4. The van der Waals surface area contributed by atoms with Gasteiger partial charge in [0.25, 0.3) is 0 Å². The van der Waals surface area contributed by atoms with Crippen molar-refractivity contribution in [2.45, 2.75) is 32.7 Å². The molecule has 3 rings (SSSR count). The topological polar surface area (TPSA) is 53.4 Å². The van der Waals surface area contributed by atoms with Crippen molar-refractivity contribution >= 4 is 22.7 Å². The second-order valence-electron chi connectivity index (χ2n) is 6.00. The number of fused-ring (bicyclic) bond motifs is 1. The molecule has 2 atom stereocenters. The van der Waals surface area contributed by atoms with E-state index in [1.165, 1.54) is 0 Å². The largest absolute Gasteiger partial charge is 0.480 e. The summed E-state index contributed by atoms with van der Waals surface area (Å²) in [4.78, 5) is 18.3. The van der Waals surface area contributed by atoms with Gasteiger partial charge in [-0.1, -0.05) is 25.1 Å². The van der Waals surface area contributed by atoms with Crippen molar-refractivity contribution < 1.29 is 9.90 Å². The number of aryl methyl sites for hydroxylation is 1. The van der Waals surface area contributed by atoms with Crippen molar-refractivity contribution in [1.82, 2.24) is 4.98 Å². The van der Waals surface area contributed by atoms with Crippen molar-refractivity contribution in [1.29, 1.82) is 0 Å². The van der Waals surface area contributed by atoms with Crippen LogP contribution in [-0.2, 0) is 4.79 Å². The molecule has 2 unspecified atom stereocenters. The number of carboxylic acids is 1. The fraction of sp³-hybridized carbons (Fsp3) is 0.412. The predicted molar refractivity (Wildman–Crippen MR) is 83.6 cm³/mol. The summed E-state index contributed by atoms with van der Waals surface area (Å²) in [6.45, 7) is 4.88. The van der Waals surface area contributed by atoms with Crippen molar-refractivity contribution in [3.63, 3.8) is 0 Å². The molecule has 1 aromatic carbocycles. The Morgan fingerprint density at radius 1 is 1.38 bits per heavy atom. The number of hydrogen-bond acceptors (Lipinski definition) is 3. The Balaban J connectivity index is 2.05. The lowest BCUT2D eigenvalue weighted by Crippen LogP contribution is -2.47. The van der Waals surface area contributed by atoms with E-state index in [-0.39, 0.29) is 0 Å². The fourth-order valence-electron chi connectivity index (χ4n) is 3.13. The first-order chi connectivity index (χ1) is 10.1. The molecular formula is C17H20N2O2. The number of carboxylic acid groups (broad SMARTS) is 1. The Morgan fingerprint density at radius 2 is 2.14 bits per heavy atom. The number of nitrogens with zero attached hydrogens (tertiary/aromatic N) is 2. The number of para-hydroxylation sites is 1. The molecule has 0 bridgehead atoms. The Morgan fingerprint density at radius 3 is 2.90 bits per heavy atom. The summed E-state index contributed by atoms with van der Waals surface area (Å²) in [6.07, 6.45) is 1.70. The lowest BCUT2D eigenvalue weighted by Gasteiger charge is -2.37. The second kappa shape index (κ2) is 5.35. The molecule has 1 saturated heterocycles. The van der Waals surface area contributed by atoms with E-state index in [0.29, 0.717) is 12.3 Å². The number of carbonyl (C=O) groups is 1. The van der Waals surface area contributed by atoms with Gasteiger partial charge in [-0.3, -0.25) is 0 Å². The summed E-state index contributed by atoms with van der Waals surface area (Å²) in [6, 6.07) is 9.58. The lowest BCUT2D eigenvalue weighted by molar-refractivity contribution is -0.139. The number of aromatic nitrogens is 1. The van der Waals surface area contributed by atoms with Gasteiger partial charge in [-0.2, -0.15) is 0 Å². The molecule has 0 spiro atoms. The normalized spacial score (nSPS) is 22.5. The average Bonchev–Trinajstić information content (AvgIpc) is 2.46. The molecule has 2 aromatic rings. The van der Waals surface area contributed by atoms with Crippen LogP contribution in [0.1, 0.15) is 25.3 Å². The molecule has 1 aromatic heterocycles. The Bertz CT molecular complexity index is 684. The number of benzene rings is 1. The minimum absolute atomic E-state index is 0.447. The third kappa shape index (κ3) is 2.58. The van der Waals surface area contributed by atoms with E-state index in [1.54, 1.807) is 0 Å². The first-order valence-corrected chi connectivity index (χ1v) is 7.42. The van der Waals surface area contributed by atoms with Crippen LogP contribution in [0.4, 0.5) is 5.82 Å². The molecule has 4 heteroatoms. The van der Waals surface area contributed by atoms with Gasteiger partial charge in [0.15, 0.2) is 0 Å². The van der Waals surface area contributed by atoms with Crippen molar-refractivity contribution in [2.24, 2.45) is 5.92 Å². The lowest BCUT2D eigenvalue weighted by atomic mass is 9.92. The fourth-order valence-corrected chi connectivity index (χ4v) is 3.13. The molecule has 0 radical (unpaired) electrons. The molecule has 0 aliphatic carbocycles. The minimum Gasteiger partial charge on any atom is -0.480 e. The van der Waals surface area contributed by atoms with Gasteiger partial charge in [-0.05, 0) is 43.4 Å². The number of aliphatic carboxylic acids is 1. The molecule has 0 saturated carbocycles. The highest BCUT2D eigenvalue weighted by molar-refractivity contribution is 5.84. The van der Waals surface area contributed by atoms with Crippen LogP contribution in [0.15, 0.2) is 30.3 Å². The van der Waals surface area contributed by atoms with Crippen LogP contribution in [0.25, 0.3) is 10.9 Å². The van der Waals surface area contributed by atoms with E-state index in [0.717, 1.165) is 35.2 Å². The van der Waals surface area contributed by atoms with Gasteiger partial charge in [-0.15, -0.1) is 0 Å². The second-order valence-corrected chi connectivity index (χ2v) is 6.00.